The van der Waals surface area contributed by atoms with Gasteiger partial charge in [-0.3, -0.25) is 0 Å². The van der Waals surface area contributed by atoms with Crippen LogP contribution >= 0.6 is 11.6 Å². The van der Waals surface area contributed by atoms with Gasteiger partial charge < -0.3 is 11.1 Å². The Bertz CT molecular complexity index is 427. The van der Waals surface area contributed by atoms with Gasteiger partial charge in [0, 0.05) is 12.7 Å². The van der Waals surface area contributed by atoms with Crippen molar-refractivity contribution < 1.29 is 4.39 Å². The second-order valence-electron chi connectivity index (χ2n) is 5.29. The van der Waals surface area contributed by atoms with E-state index in [0.717, 1.165) is 19.3 Å². The van der Waals surface area contributed by atoms with Crippen molar-refractivity contribution in [3.05, 3.63) is 23.1 Å². The van der Waals surface area contributed by atoms with Crippen LogP contribution in [0.25, 0.3) is 0 Å². The lowest BCUT2D eigenvalue weighted by Crippen LogP contribution is -2.49. The zero-order valence-electron chi connectivity index (χ0n) is 10.5. The predicted molar refractivity (Wildman–Crippen MR) is 72.2 cm³/mol. The molecule has 1 fully saturated rings. The number of hydrogen-bond acceptors (Lipinski definition) is 3. The largest absolute Gasteiger partial charge is 0.361 e. The van der Waals surface area contributed by atoms with Gasteiger partial charge in [-0.2, -0.15) is 0 Å². The summed E-state index contributed by atoms with van der Waals surface area (Å²) < 4.78 is 13.8. The monoisotopic (exact) mass is 271 g/mol. The van der Waals surface area contributed by atoms with Crippen molar-refractivity contribution >= 4 is 17.4 Å². The molecule has 2 atom stereocenters. The van der Waals surface area contributed by atoms with E-state index in [-0.39, 0.29) is 11.4 Å². The molecule has 1 saturated carbocycles. The van der Waals surface area contributed by atoms with Crippen LogP contribution in [0.1, 0.15) is 32.6 Å². The Morgan fingerprint density at radius 3 is 3.06 bits per heavy atom. The fourth-order valence-electron chi connectivity index (χ4n) is 2.77. The lowest BCUT2D eigenvalue weighted by molar-refractivity contribution is 0.262. The van der Waals surface area contributed by atoms with Crippen LogP contribution in [0, 0.1) is 11.7 Å². The number of anilines is 1. The molecule has 1 aliphatic rings. The fraction of sp³-hybridized carbons (Fsp3) is 0.615. The highest BCUT2D eigenvalue weighted by molar-refractivity contribution is 6.30. The highest BCUT2D eigenvalue weighted by Gasteiger charge is 2.34. The fourth-order valence-corrected chi connectivity index (χ4v) is 2.91. The molecular formula is C13H19ClFN3. The average molecular weight is 272 g/mol. The summed E-state index contributed by atoms with van der Waals surface area (Å²) in [5.74, 6) is 0.428. The van der Waals surface area contributed by atoms with Crippen LogP contribution in [-0.2, 0) is 0 Å². The van der Waals surface area contributed by atoms with Gasteiger partial charge in [0.05, 0.1) is 10.6 Å². The zero-order valence-corrected chi connectivity index (χ0v) is 11.3. The molecule has 1 aliphatic carbocycles. The molecule has 0 aliphatic heterocycles. The molecule has 1 aromatic rings. The van der Waals surface area contributed by atoms with E-state index in [4.69, 9.17) is 17.3 Å². The molecular weight excluding hydrogens is 253 g/mol. The van der Waals surface area contributed by atoms with E-state index < -0.39 is 5.82 Å². The molecule has 0 spiro atoms. The molecule has 5 heteroatoms. The van der Waals surface area contributed by atoms with E-state index in [1.165, 1.54) is 18.7 Å². The standard InChI is InChI=1S/C13H19ClFN3/c1-9-3-2-4-13(6-9,8-16)18-12-11(15)5-10(14)7-17-12/h5,7,9H,2-4,6,8,16H2,1H3,(H,17,18). The smallest absolute Gasteiger partial charge is 0.166 e. The number of nitrogens with zero attached hydrogens (tertiary/aromatic N) is 1. The Morgan fingerprint density at radius 1 is 1.67 bits per heavy atom. The van der Waals surface area contributed by atoms with Crippen LogP contribution in [0.4, 0.5) is 10.2 Å². The van der Waals surface area contributed by atoms with Crippen molar-refractivity contribution in [3.8, 4) is 0 Å². The number of hydrogen-bond donors (Lipinski definition) is 2. The summed E-state index contributed by atoms with van der Waals surface area (Å²) in [6, 6.07) is 1.27. The number of rotatable bonds is 3. The van der Waals surface area contributed by atoms with Gasteiger partial charge in [0.2, 0.25) is 0 Å². The predicted octanol–water partition coefficient (Wildman–Crippen LogP) is 3.19. The first-order chi connectivity index (χ1) is 8.54. The van der Waals surface area contributed by atoms with Gasteiger partial charge in [-0.25, -0.2) is 9.37 Å². The van der Waals surface area contributed by atoms with Crippen LogP contribution in [0.15, 0.2) is 12.3 Å². The number of nitrogens with two attached hydrogens (primary N) is 1. The lowest BCUT2D eigenvalue weighted by atomic mass is 9.76. The first kappa shape index (κ1) is 13.6. The number of halogens is 2. The number of pyridine rings is 1. The maximum atomic E-state index is 13.8. The molecule has 0 aromatic carbocycles. The Kier molecular flexibility index (Phi) is 4.07. The Morgan fingerprint density at radius 2 is 2.44 bits per heavy atom. The van der Waals surface area contributed by atoms with Crippen LogP contribution in [0.2, 0.25) is 5.02 Å². The Balaban J connectivity index is 2.19. The highest BCUT2D eigenvalue weighted by Crippen LogP contribution is 2.34. The summed E-state index contributed by atoms with van der Waals surface area (Å²) in [6.45, 7) is 2.69. The molecule has 1 aromatic heterocycles. The topological polar surface area (TPSA) is 50.9 Å². The van der Waals surface area contributed by atoms with E-state index in [2.05, 4.69) is 17.2 Å². The van der Waals surface area contributed by atoms with Crippen molar-refractivity contribution in [2.75, 3.05) is 11.9 Å². The number of nitrogens with one attached hydrogen (secondary N) is 1. The van der Waals surface area contributed by atoms with E-state index in [9.17, 15) is 4.39 Å². The van der Waals surface area contributed by atoms with Crippen LogP contribution < -0.4 is 11.1 Å². The van der Waals surface area contributed by atoms with Gasteiger partial charge in [-0.15, -0.1) is 0 Å². The van der Waals surface area contributed by atoms with Gasteiger partial charge in [-0.1, -0.05) is 31.4 Å². The molecule has 2 unspecified atom stereocenters. The molecule has 3 nitrogen and oxygen atoms in total. The molecule has 100 valence electrons. The summed E-state index contributed by atoms with van der Waals surface area (Å²) in [4.78, 5) is 4.02. The summed E-state index contributed by atoms with van der Waals surface area (Å²) in [7, 11) is 0. The first-order valence-corrected chi connectivity index (χ1v) is 6.72. The van der Waals surface area contributed by atoms with E-state index in [1.54, 1.807) is 0 Å². The van der Waals surface area contributed by atoms with Gasteiger partial charge in [-0.05, 0) is 24.8 Å². The summed E-state index contributed by atoms with van der Waals surface area (Å²) in [5.41, 5.74) is 5.65. The lowest BCUT2D eigenvalue weighted by Gasteiger charge is -2.40. The minimum absolute atomic E-state index is 0.237. The third-order valence-corrected chi connectivity index (χ3v) is 3.88. The van der Waals surface area contributed by atoms with Crippen molar-refractivity contribution in [1.82, 2.24) is 4.98 Å². The number of aromatic nitrogens is 1. The molecule has 0 bridgehead atoms. The highest BCUT2D eigenvalue weighted by atomic mass is 35.5. The summed E-state index contributed by atoms with van der Waals surface area (Å²) in [5, 5.41) is 3.50. The Labute approximate surface area is 112 Å². The summed E-state index contributed by atoms with van der Waals surface area (Å²) >= 11 is 5.70. The minimum atomic E-state index is -0.423. The average Bonchev–Trinajstić information content (AvgIpc) is 2.33. The van der Waals surface area contributed by atoms with Gasteiger partial charge >= 0.3 is 0 Å². The SMILES string of the molecule is CC1CCCC(CN)(Nc2ncc(Cl)cc2F)C1. The molecule has 2 rings (SSSR count). The van der Waals surface area contributed by atoms with E-state index >= 15 is 0 Å². The molecule has 0 saturated heterocycles. The quantitative estimate of drug-likeness (QED) is 0.888. The minimum Gasteiger partial charge on any atom is -0.361 e. The van der Waals surface area contributed by atoms with Crippen molar-refractivity contribution in [3.63, 3.8) is 0 Å². The normalized spacial score (nSPS) is 28.1. The van der Waals surface area contributed by atoms with Crippen molar-refractivity contribution in [2.45, 2.75) is 38.1 Å². The van der Waals surface area contributed by atoms with Gasteiger partial charge in [0.15, 0.2) is 11.6 Å². The maximum absolute atomic E-state index is 13.8. The molecule has 3 N–H and O–H groups in total. The molecule has 18 heavy (non-hydrogen) atoms. The molecule has 1 heterocycles. The molecule has 0 amide bonds. The third-order valence-electron chi connectivity index (χ3n) is 3.67. The van der Waals surface area contributed by atoms with E-state index in [1.807, 2.05) is 0 Å². The first-order valence-electron chi connectivity index (χ1n) is 6.34. The molecule has 0 radical (unpaired) electrons. The van der Waals surface area contributed by atoms with Crippen LogP contribution in [0.3, 0.4) is 0 Å². The second kappa shape index (κ2) is 5.41. The Hall–Kier alpha value is -0.870. The second-order valence-corrected chi connectivity index (χ2v) is 5.73. The van der Waals surface area contributed by atoms with Gasteiger partial charge in [0.25, 0.3) is 0 Å². The van der Waals surface area contributed by atoms with E-state index in [0.29, 0.717) is 17.5 Å². The van der Waals surface area contributed by atoms with Crippen molar-refractivity contribution in [2.24, 2.45) is 11.7 Å². The van der Waals surface area contributed by atoms with Crippen LogP contribution in [-0.4, -0.2) is 17.1 Å². The van der Waals surface area contributed by atoms with Gasteiger partial charge in [0.1, 0.15) is 0 Å². The van der Waals surface area contributed by atoms with Crippen LogP contribution in [0.5, 0.6) is 0 Å². The summed E-state index contributed by atoms with van der Waals surface area (Å²) in [6.07, 6.45) is 5.68. The zero-order chi connectivity index (χ0) is 13.2. The third kappa shape index (κ3) is 2.93. The van der Waals surface area contributed by atoms with Crippen molar-refractivity contribution in [1.29, 1.82) is 0 Å². The maximum Gasteiger partial charge on any atom is 0.166 e.